The lowest BCUT2D eigenvalue weighted by molar-refractivity contribution is -0.194. The predicted octanol–water partition coefficient (Wildman–Crippen LogP) is -1.41. The van der Waals surface area contributed by atoms with Gasteiger partial charge in [0.2, 0.25) is 5.96 Å². The van der Waals surface area contributed by atoms with Gasteiger partial charge in [-0.3, -0.25) is 10.6 Å². The molecule has 13 heteroatoms. The van der Waals surface area contributed by atoms with Crippen molar-refractivity contribution < 1.29 is 24.5 Å². The number of nitrogens with zero attached hydrogens (tertiary/aromatic N) is 4. The van der Waals surface area contributed by atoms with Crippen LogP contribution in [0.25, 0.3) is 10.4 Å². The highest BCUT2D eigenvalue weighted by Crippen LogP contribution is 2.34. The third kappa shape index (κ3) is 3.62. The van der Waals surface area contributed by atoms with Crippen molar-refractivity contribution in [3.8, 4) is 0 Å². The Balaban J connectivity index is 3.05. The second kappa shape index (κ2) is 6.92. The Morgan fingerprint density at radius 3 is 2.76 bits per heavy atom. The van der Waals surface area contributed by atoms with E-state index in [1.165, 1.54) is 5.48 Å². The molecular formula is C8H13FN8O4. The van der Waals surface area contributed by atoms with Crippen molar-refractivity contribution in [2.75, 3.05) is 6.61 Å². The Bertz CT molecular complexity index is 495. The lowest BCUT2D eigenvalue weighted by Crippen LogP contribution is -2.42. The molecule has 0 aromatic carbocycles. The number of guanidine groups is 1. The lowest BCUT2D eigenvalue weighted by atomic mass is 10.1. The molecule has 0 amide bonds. The Hall–Kier alpha value is -2.31. The summed E-state index contributed by atoms with van der Waals surface area (Å²) in [7, 11) is 0. The van der Waals surface area contributed by atoms with Crippen LogP contribution < -0.4 is 10.8 Å². The molecule has 1 fully saturated rings. The second-order valence-corrected chi connectivity index (χ2v) is 3.87. The van der Waals surface area contributed by atoms with Crippen LogP contribution >= 0.6 is 0 Å². The molecule has 0 aliphatic carbocycles. The average molecular weight is 304 g/mol. The number of hydroxylamine groups is 1. The summed E-state index contributed by atoms with van der Waals surface area (Å²) in [6.45, 7) is -1.21. The molecule has 1 aliphatic heterocycles. The highest BCUT2D eigenvalue weighted by Gasteiger charge is 2.55. The standard InChI is InChI=1S/C8H13FN8O4/c9-8(2-18)5(19)4(15-17-12)6(21-8)14-7(16-20)13-3(11)1-10/h1,4-6,10,18-20H,2H2,(H3,11,13,14,16)/t4?,5-,6+,8+/m0/s1. The maximum Gasteiger partial charge on any atom is 0.261 e. The number of aliphatic imine (C=N–C) groups is 1. The minimum Gasteiger partial charge on any atom is -0.390 e. The van der Waals surface area contributed by atoms with E-state index in [0.29, 0.717) is 6.21 Å². The largest absolute Gasteiger partial charge is 0.390 e. The molecule has 1 aliphatic rings. The van der Waals surface area contributed by atoms with Crippen molar-refractivity contribution >= 4 is 18.0 Å². The lowest BCUT2D eigenvalue weighted by Gasteiger charge is -2.19. The number of halogens is 1. The highest BCUT2D eigenvalue weighted by molar-refractivity contribution is 6.30. The third-order valence-electron chi connectivity index (χ3n) is 2.53. The average Bonchev–Trinajstić information content (AvgIpc) is 2.72. The SMILES string of the molecule is [N-]=[N+]=NC1[C@H](N=C(NO)NC(=N)C=N)O[C@](F)(CO)[C@H]1O. The van der Waals surface area contributed by atoms with Crippen LogP contribution in [0.4, 0.5) is 4.39 Å². The van der Waals surface area contributed by atoms with Gasteiger partial charge in [0, 0.05) is 4.91 Å². The molecule has 0 bridgehead atoms. The maximum absolute atomic E-state index is 14.0. The third-order valence-corrected chi connectivity index (χ3v) is 2.53. The van der Waals surface area contributed by atoms with Gasteiger partial charge >= 0.3 is 0 Å². The summed E-state index contributed by atoms with van der Waals surface area (Å²) in [5.74, 6) is -3.87. The molecule has 1 unspecified atom stereocenters. The highest BCUT2D eigenvalue weighted by atomic mass is 19.2. The van der Waals surface area contributed by atoms with E-state index in [1.54, 1.807) is 0 Å². The van der Waals surface area contributed by atoms with Gasteiger partial charge in [0.15, 0.2) is 6.23 Å². The zero-order chi connectivity index (χ0) is 16.0. The minimum absolute atomic E-state index is 0.470. The monoisotopic (exact) mass is 304 g/mol. The smallest absolute Gasteiger partial charge is 0.261 e. The van der Waals surface area contributed by atoms with Gasteiger partial charge < -0.3 is 25.7 Å². The molecule has 21 heavy (non-hydrogen) atoms. The Labute approximate surface area is 116 Å². The van der Waals surface area contributed by atoms with Gasteiger partial charge in [0.25, 0.3) is 5.85 Å². The predicted molar refractivity (Wildman–Crippen MR) is 66.7 cm³/mol. The first-order valence-electron chi connectivity index (χ1n) is 5.45. The van der Waals surface area contributed by atoms with Gasteiger partial charge in [-0.05, 0) is 5.53 Å². The Kier molecular flexibility index (Phi) is 5.52. The van der Waals surface area contributed by atoms with Crippen molar-refractivity contribution in [1.29, 1.82) is 10.8 Å². The summed E-state index contributed by atoms with van der Waals surface area (Å²) in [4.78, 5) is 5.99. The first kappa shape index (κ1) is 16.7. The topological polar surface area (TPSA) is 203 Å². The van der Waals surface area contributed by atoms with Gasteiger partial charge in [-0.2, -0.15) is 0 Å². The van der Waals surface area contributed by atoms with Crippen molar-refractivity contribution in [2.24, 2.45) is 10.1 Å². The zero-order valence-corrected chi connectivity index (χ0v) is 10.4. The molecule has 116 valence electrons. The summed E-state index contributed by atoms with van der Waals surface area (Å²) in [6.07, 6.45) is -2.96. The van der Waals surface area contributed by atoms with Gasteiger partial charge in [-0.1, -0.05) is 5.11 Å². The first-order valence-corrected chi connectivity index (χ1v) is 5.45. The van der Waals surface area contributed by atoms with Crippen LogP contribution in [-0.4, -0.2) is 64.3 Å². The molecule has 12 nitrogen and oxygen atoms in total. The van der Waals surface area contributed by atoms with Crippen LogP contribution in [-0.2, 0) is 4.74 Å². The molecule has 1 saturated heterocycles. The number of hydrogen-bond acceptors (Lipinski definition) is 8. The van der Waals surface area contributed by atoms with Gasteiger partial charge in [-0.15, -0.1) is 0 Å². The number of nitrogens with one attached hydrogen (secondary N) is 4. The second-order valence-electron chi connectivity index (χ2n) is 3.87. The fraction of sp³-hybridized carbons (Fsp3) is 0.625. The van der Waals surface area contributed by atoms with E-state index >= 15 is 0 Å². The van der Waals surface area contributed by atoms with Gasteiger partial charge in [0.1, 0.15) is 24.6 Å². The number of amidine groups is 1. The van der Waals surface area contributed by atoms with Crippen LogP contribution in [0, 0.1) is 10.8 Å². The number of aliphatic hydroxyl groups excluding tert-OH is 2. The molecule has 0 saturated carbocycles. The molecular weight excluding hydrogens is 291 g/mol. The van der Waals surface area contributed by atoms with Crippen LogP contribution in [0.15, 0.2) is 10.1 Å². The first-order chi connectivity index (χ1) is 9.91. The van der Waals surface area contributed by atoms with Crippen LogP contribution in [0.3, 0.4) is 0 Å². The molecule has 4 atom stereocenters. The molecule has 1 heterocycles. The quantitative estimate of drug-likeness (QED) is 0.0829. The van der Waals surface area contributed by atoms with Crippen molar-refractivity contribution in [3.05, 3.63) is 10.4 Å². The number of ether oxygens (including phenoxy) is 1. The van der Waals surface area contributed by atoms with E-state index in [-0.39, 0.29) is 0 Å². The zero-order valence-electron chi connectivity index (χ0n) is 10.4. The van der Waals surface area contributed by atoms with Crippen molar-refractivity contribution in [3.63, 3.8) is 0 Å². The fourth-order valence-electron chi connectivity index (χ4n) is 1.54. The molecule has 0 spiro atoms. The van der Waals surface area contributed by atoms with Crippen molar-refractivity contribution in [2.45, 2.75) is 24.2 Å². The van der Waals surface area contributed by atoms with Crippen LogP contribution in [0.2, 0.25) is 0 Å². The summed E-state index contributed by atoms with van der Waals surface area (Å²) in [5, 5.41) is 46.5. The molecule has 0 radical (unpaired) electrons. The number of rotatable bonds is 4. The van der Waals surface area contributed by atoms with Crippen LogP contribution in [0.1, 0.15) is 0 Å². The van der Waals surface area contributed by atoms with E-state index < -0.39 is 42.6 Å². The summed E-state index contributed by atoms with van der Waals surface area (Å²) in [5.41, 5.74) is 9.92. The summed E-state index contributed by atoms with van der Waals surface area (Å²) < 4.78 is 18.7. The Morgan fingerprint density at radius 2 is 2.29 bits per heavy atom. The van der Waals surface area contributed by atoms with Gasteiger partial charge in [-0.25, -0.2) is 14.9 Å². The fourth-order valence-corrected chi connectivity index (χ4v) is 1.54. The number of hydrogen-bond donors (Lipinski definition) is 7. The minimum atomic E-state index is -2.89. The van der Waals surface area contributed by atoms with E-state index in [1.807, 2.05) is 0 Å². The summed E-state index contributed by atoms with van der Waals surface area (Å²) in [6, 6.07) is -1.51. The van der Waals surface area contributed by atoms with Crippen LogP contribution in [0.5, 0.6) is 0 Å². The maximum atomic E-state index is 14.0. The van der Waals surface area contributed by atoms with E-state index in [0.717, 1.165) is 0 Å². The van der Waals surface area contributed by atoms with Gasteiger partial charge in [0.05, 0.1) is 6.21 Å². The van der Waals surface area contributed by atoms with Crippen molar-refractivity contribution in [1.82, 2.24) is 10.8 Å². The molecule has 1 rings (SSSR count). The molecule has 7 N–H and O–H groups in total. The van der Waals surface area contributed by atoms with E-state index in [4.69, 9.17) is 26.7 Å². The molecule has 0 aromatic rings. The number of aliphatic hydroxyl groups is 2. The number of azide groups is 1. The normalized spacial score (nSPS) is 32.2. The van der Waals surface area contributed by atoms with E-state index in [2.05, 4.69) is 25.1 Å². The number of alkyl halides is 1. The molecule has 0 aromatic heterocycles. The summed E-state index contributed by atoms with van der Waals surface area (Å²) >= 11 is 0. The van der Waals surface area contributed by atoms with E-state index in [9.17, 15) is 9.50 Å². The Morgan fingerprint density at radius 1 is 1.62 bits per heavy atom.